The Labute approximate surface area is 117 Å². The lowest BCUT2D eigenvalue weighted by Crippen LogP contribution is -2.20. The third-order valence-corrected chi connectivity index (χ3v) is 3.90. The van der Waals surface area contributed by atoms with E-state index in [2.05, 4.69) is 14.8 Å². The van der Waals surface area contributed by atoms with Gasteiger partial charge < -0.3 is 9.67 Å². The molecule has 0 aliphatic carbocycles. The van der Waals surface area contributed by atoms with Crippen LogP contribution >= 0.6 is 11.6 Å². The van der Waals surface area contributed by atoms with Crippen LogP contribution in [0.1, 0.15) is 36.0 Å². The van der Waals surface area contributed by atoms with Gasteiger partial charge in [-0.3, -0.25) is 0 Å². The van der Waals surface area contributed by atoms with Crippen molar-refractivity contribution < 1.29 is 5.11 Å². The molecule has 0 bridgehead atoms. The van der Waals surface area contributed by atoms with Crippen LogP contribution in [0, 0.1) is 0 Å². The molecule has 0 fully saturated rings. The van der Waals surface area contributed by atoms with Crippen LogP contribution < -0.4 is 0 Å². The molecule has 1 unspecified atom stereocenters. The molecular formula is C14H16ClN3O. The van der Waals surface area contributed by atoms with E-state index in [0.29, 0.717) is 0 Å². The third-order valence-electron chi connectivity index (χ3n) is 3.65. The summed E-state index contributed by atoms with van der Waals surface area (Å²) in [5, 5.41) is 18.6. The molecule has 0 radical (unpaired) electrons. The van der Waals surface area contributed by atoms with Gasteiger partial charge >= 0.3 is 0 Å². The highest BCUT2D eigenvalue weighted by Gasteiger charge is 2.24. The molecule has 4 nitrogen and oxygen atoms in total. The van der Waals surface area contributed by atoms with Crippen molar-refractivity contribution in [3.63, 3.8) is 0 Å². The molecule has 1 aromatic carbocycles. The summed E-state index contributed by atoms with van der Waals surface area (Å²) < 4.78 is 2.15. The Morgan fingerprint density at radius 1 is 1.26 bits per heavy atom. The Balaban J connectivity index is 1.86. The second-order valence-electron chi connectivity index (χ2n) is 4.95. The van der Waals surface area contributed by atoms with Gasteiger partial charge in [-0.1, -0.05) is 23.7 Å². The van der Waals surface area contributed by atoms with Gasteiger partial charge in [0.05, 0.1) is 6.61 Å². The minimum Gasteiger partial charge on any atom is -0.396 e. The van der Waals surface area contributed by atoms with Gasteiger partial charge in [-0.2, -0.15) is 0 Å². The van der Waals surface area contributed by atoms with Crippen molar-refractivity contribution in [1.29, 1.82) is 0 Å². The maximum Gasteiger partial charge on any atom is 0.138 e. The van der Waals surface area contributed by atoms with Crippen LogP contribution in [-0.4, -0.2) is 26.5 Å². The Morgan fingerprint density at radius 3 is 2.79 bits per heavy atom. The van der Waals surface area contributed by atoms with E-state index in [4.69, 9.17) is 11.6 Å². The van der Waals surface area contributed by atoms with Crippen LogP contribution in [0.25, 0.3) is 0 Å². The van der Waals surface area contributed by atoms with E-state index in [1.54, 1.807) is 0 Å². The molecular weight excluding hydrogens is 262 g/mol. The number of aliphatic hydroxyl groups excluding tert-OH is 1. The normalized spacial score (nSPS) is 18.3. The van der Waals surface area contributed by atoms with Crippen LogP contribution in [0.4, 0.5) is 0 Å². The quantitative estimate of drug-likeness (QED) is 0.937. The summed E-state index contributed by atoms with van der Waals surface area (Å²) in [7, 11) is 0. The fraction of sp³-hybridized carbons (Fsp3) is 0.429. The topological polar surface area (TPSA) is 50.9 Å². The SMILES string of the molecule is OCC1CCCn2c(Cc3ccc(Cl)cc3)nnc21. The zero-order valence-electron chi connectivity index (χ0n) is 10.6. The number of fused-ring (bicyclic) bond motifs is 1. The maximum atomic E-state index is 9.37. The Hall–Kier alpha value is -1.39. The van der Waals surface area contributed by atoms with Crippen molar-refractivity contribution in [2.24, 2.45) is 0 Å². The molecule has 1 N–H and O–H groups in total. The third kappa shape index (κ3) is 2.51. The van der Waals surface area contributed by atoms with E-state index in [1.165, 1.54) is 5.56 Å². The number of hydrogen-bond donors (Lipinski definition) is 1. The number of hydrogen-bond acceptors (Lipinski definition) is 3. The molecule has 1 atom stereocenters. The standard InChI is InChI=1S/C14H16ClN3O/c15-12-5-3-10(4-6-12)8-13-16-17-14-11(9-19)2-1-7-18(13)14/h3-6,11,19H,1-2,7-9H2. The van der Waals surface area contributed by atoms with Crippen molar-refractivity contribution in [1.82, 2.24) is 14.8 Å². The molecule has 2 aromatic rings. The molecule has 0 saturated heterocycles. The van der Waals surface area contributed by atoms with Crippen LogP contribution in [-0.2, 0) is 13.0 Å². The van der Waals surface area contributed by atoms with E-state index < -0.39 is 0 Å². The average Bonchev–Trinajstić information content (AvgIpc) is 2.84. The van der Waals surface area contributed by atoms with E-state index in [-0.39, 0.29) is 12.5 Å². The van der Waals surface area contributed by atoms with Gasteiger partial charge in [0.25, 0.3) is 0 Å². The van der Waals surface area contributed by atoms with Gasteiger partial charge in [-0.25, -0.2) is 0 Å². The smallest absolute Gasteiger partial charge is 0.138 e. The number of halogens is 1. The number of aromatic nitrogens is 3. The summed E-state index contributed by atoms with van der Waals surface area (Å²) in [6, 6.07) is 7.80. The molecule has 1 aliphatic heterocycles. The summed E-state index contributed by atoms with van der Waals surface area (Å²) in [5.41, 5.74) is 1.17. The highest BCUT2D eigenvalue weighted by molar-refractivity contribution is 6.30. The number of nitrogens with zero attached hydrogens (tertiary/aromatic N) is 3. The van der Waals surface area contributed by atoms with Crippen molar-refractivity contribution in [3.05, 3.63) is 46.5 Å². The second kappa shape index (κ2) is 5.31. The first-order chi connectivity index (χ1) is 9.28. The maximum absolute atomic E-state index is 9.37. The molecule has 1 aliphatic rings. The molecule has 5 heteroatoms. The van der Waals surface area contributed by atoms with Crippen molar-refractivity contribution in [3.8, 4) is 0 Å². The molecule has 1 aromatic heterocycles. The first-order valence-electron chi connectivity index (χ1n) is 6.55. The van der Waals surface area contributed by atoms with E-state index in [9.17, 15) is 5.11 Å². The lowest BCUT2D eigenvalue weighted by atomic mass is 10.00. The molecule has 100 valence electrons. The monoisotopic (exact) mass is 277 g/mol. The van der Waals surface area contributed by atoms with E-state index in [0.717, 1.165) is 42.5 Å². The fourth-order valence-corrected chi connectivity index (χ4v) is 2.73. The molecule has 3 rings (SSSR count). The van der Waals surface area contributed by atoms with Crippen molar-refractivity contribution >= 4 is 11.6 Å². The van der Waals surface area contributed by atoms with E-state index >= 15 is 0 Å². The first kappa shape index (κ1) is 12.6. The molecule has 0 amide bonds. The molecule has 0 spiro atoms. The van der Waals surface area contributed by atoms with Gasteiger partial charge in [0.1, 0.15) is 11.6 Å². The summed E-state index contributed by atoms with van der Waals surface area (Å²) >= 11 is 5.89. The zero-order valence-corrected chi connectivity index (χ0v) is 11.3. The predicted octanol–water partition coefficient (Wildman–Crippen LogP) is 2.39. The summed E-state index contributed by atoms with van der Waals surface area (Å²) in [6.45, 7) is 1.10. The summed E-state index contributed by atoms with van der Waals surface area (Å²) in [4.78, 5) is 0. The second-order valence-corrected chi connectivity index (χ2v) is 5.39. The molecule has 19 heavy (non-hydrogen) atoms. The zero-order chi connectivity index (χ0) is 13.2. The van der Waals surface area contributed by atoms with Crippen LogP contribution in [0.3, 0.4) is 0 Å². The number of rotatable bonds is 3. The summed E-state index contributed by atoms with van der Waals surface area (Å²) in [5.74, 6) is 2.04. The van der Waals surface area contributed by atoms with Gasteiger partial charge in [-0.15, -0.1) is 10.2 Å². The minimum atomic E-state index is 0.139. The van der Waals surface area contributed by atoms with Gasteiger partial charge in [0.15, 0.2) is 0 Å². The molecule has 2 heterocycles. The minimum absolute atomic E-state index is 0.139. The first-order valence-corrected chi connectivity index (χ1v) is 6.93. The van der Waals surface area contributed by atoms with Crippen LogP contribution in [0.2, 0.25) is 5.02 Å². The van der Waals surface area contributed by atoms with Crippen LogP contribution in [0.15, 0.2) is 24.3 Å². The predicted molar refractivity (Wildman–Crippen MR) is 73.3 cm³/mol. The molecule has 0 saturated carbocycles. The largest absolute Gasteiger partial charge is 0.396 e. The highest BCUT2D eigenvalue weighted by atomic mass is 35.5. The lowest BCUT2D eigenvalue weighted by molar-refractivity contribution is 0.237. The Kier molecular flexibility index (Phi) is 3.53. The van der Waals surface area contributed by atoms with Crippen LogP contribution in [0.5, 0.6) is 0 Å². The van der Waals surface area contributed by atoms with Gasteiger partial charge in [-0.05, 0) is 30.5 Å². The van der Waals surface area contributed by atoms with Crippen molar-refractivity contribution in [2.75, 3.05) is 6.61 Å². The number of aliphatic hydroxyl groups is 1. The number of benzene rings is 1. The van der Waals surface area contributed by atoms with Gasteiger partial charge in [0, 0.05) is 23.9 Å². The Bertz CT molecular complexity index is 565. The van der Waals surface area contributed by atoms with Gasteiger partial charge in [0.2, 0.25) is 0 Å². The summed E-state index contributed by atoms with van der Waals surface area (Å²) in [6.07, 6.45) is 2.82. The highest BCUT2D eigenvalue weighted by Crippen LogP contribution is 2.26. The lowest BCUT2D eigenvalue weighted by Gasteiger charge is -2.21. The Morgan fingerprint density at radius 2 is 2.05 bits per heavy atom. The average molecular weight is 278 g/mol. The van der Waals surface area contributed by atoms with E-state index in [1.807, 2.05) is 24.3 Å². The fourth-order valence-electron chi connectivity index (χ4n) is 2.61. The van der Waals surface area contributed by atoms with Crippen molar-refractivity contribution in [2.45, 2.75) is 31.7 Å².